The first-order valence-electron chi connectivity index (χ1n) is 15.4. The van der Waals surface area contributed by atoms with Crippen molar-refractivity contribution in [2.75, 3.05) is 31.5 Å². The van der Waals surface area contributed by atoms with Gasteiger partial charge < -0.3 is 20.9 Å². The van der Waals surface area contributed by atoms with Crippen LogP contribution in [0.15, 0.2) is 54.7 Å². The summed E-state index contributed by atoms with van der Waals surface area (Å²) in [6, 6.07) is 15.5. The Morgan fingerprint density at radius 3 is 2.31 bits per heavy atom. The number of aromatic nitrogens is 2. The van der Waals surface area contributed by atoms with Crippen LogP contribution in [0, 0.1) is 11.7 Å². The molecule has 0 radical (unpaired) electrons. The van der Waals surface area contributed by atoms with Crippen LogP contribution in [0.4, 0.5) is 10.3 Å². The predicted octanol–water partition coefficient (Wildman–Crippen LogP) is 5.91. The van der Waals surface area contributed by atoms with Gasteiger partial charge in [-0.3, -0.25) is 4.79 Å². The molecule has 222 valence electrons. The van der Waals surface area contributed by atoms with E-state index in [0.29, 0.717) is 22.7 Å². The van der Waals surface area contributed by atoms with E-state index in [0.717, 1.165) is 81.4 Å². The summed E-state index contributed by atoms with van der Waals surface area (Å²) in [6.45, 7) is 4.30. The van der Waals surface area contributed by atoms with Crippen molar-refractivity contribution >= 4 is 23.5 Å². The number of nitrogens with one attached hydrogen (secondary N) is 3. The van der Waals surface area contributed by atoms with Gasteiger partial charge in [0.1, 0.15) is 5.82 Å². The molecule has 7 nitrogen and oxygen atoms in total. The minimum Gasteiger partial charge on any atom is -0.353 e. The molecule has 2 aliphatic heterocycles. The Morgan fingerprint density at radius 1 is 0.881 bits per heavy atom. The van der Waals surface area contributed by atoms with Crippen LogP contribution in [0.3, 0.4) is 0 Å². The van der Waals surface area contributed by atoms with E-state index in [1.165, 1.54) is 25.0 Å². The molecule has 3 fully saturated rings. The zero-order valence-electron chi connectivity index (χ0n) is 24.0. The van der Waals surface area contributed by atoms with Crippen LogP contribution >= 0.6 is 11.6 Å². The first kappa shape index (κ1) is 29.0. The van der Waals surface area contributed by atoms with Gasteiger partial charge in [0.2, 0.25) is 11.9 Å². The highest BCUT2D eigenvalue weighted by molar-refractivity contribution is 6.32. The van der Waals surface area contributed by atoms with Gasteiger partial charge in [-0.2, -0.15) is 0 Å². The molecular formula is C33H40ClFN6O. The lowest BCUT2D eigenvalue weighted by Crippen LogP contribution is -2.49. The van der Waals surface area contributed by atoms with Crippen molar-refractivity contribution in [3.05, 3.63) is 65.6 Å². The normalized spacial score (nSPS) is 22.5. The third-order valence-electron chi connectivity index (χ3n) is 9.19. The lowest BCUT2D eigenvalue weighted by atomic mass is 9.89. The van der Waals surface area contributed by atoms with Crippen LogP contribution in [0.2, 0.25) is 5.02 Å². The van der Waals surface area contributed by atoms with Crippen LogP contribution in [-0.2, 0) is 4.79 Å². The van der Waals surface area contributed by atoms with E-state index in [1.54, 1.807) is 18.3 Å². The van der Waals surface area contributed by atoms with E-state index in [9.17, 15) is 9.18 Å². The molecule has 3 N–H and O–H groups in total. The van der Waals surface area contributed by atoms with Crippen molar-refractivity contribution in [1.82, 2.24) is 25.5 Å². The molecule has 9 heteroatoms. The van der Waals surface area contributed by atoms with Crippen molar-refractivity contribution in [3.8, 4) is 22.4 Å². The van der Waals surface area contributed by atoms with E-state index in [4.69, 9.17) is 16.6 Å². The molecule has 0 bridgehead atoms. The number of carbonyl (C=O) groups is 1. The Morgan fingerprint density at radius 2 is 1.57 bits per heavy atom. The topological polar surface area (TPSA) is 82.2 Å². The molecule has 1 aromatic heterocycles. The number of halogens is 2. The van der Waals surface area contributed by atoms with Crippen LogP contribution in [0.25, 0.3) is 22.4 Å². The summed E-state index contributed by atoms with van der Waals surface area (Å²) in [5.74, 6) is 0.672. The second kappa shape index (κ2) is 13.5. The highest BCUT2D eigenvalue weighted by Gasteiger charge is 2.31. The molecule has 3 aliphatic rings. The number of nitrogens with zero attached hydrogens (tertiary/aromatic N) is 3. The Bertz CT molecular complexity index is 1350. The number of piperidine rings is 2. The summed E-state index contributed by atoms with van der Waals surface area (Å²) in [5.41, 5.74) is 3.42. The van der Waals surface area contributed by atoms with E-state index in [2.05, 4.69) is 25.8 Å². The first-order chi connectivity index (χ1) is 20.5. The monoisotopic (exact) mass is 590 g/mol. The zero-order chi connectivity index (χ0) is 28.9. The van der Waals surface area contributed by atoms with Crippen molar-refractivity contribution in [2.45, 2.75) is 69.5 Å². The molecule has 1 amide bonds. The fraction of sp³-hybridized carbons (Fsp3) is 0.485. The van der Waals surface area contributed by atoms with Crippen molar-refractivity contribution in [2.24, 2.45) is 5.92 Å². The molecule has 1 saturated carbocycles. The highest BCUT2D eigenvalue weighted by Crippen LogP contribution is 2.31. The quantitative estimate of drug-likeness (QED) is 0.318. The van der Waals surface area contributed by atoms with E-state index >= 15 is 0 Å². The largest absolute Gasteiger partial charge is 0.353 e. The minimum absolute atomic E-state index is 0.140. The van der Waals surface area contributed by atoms with Crippen LogP contribution in [-0.4, -0.2) is 65.1 Å². The van der Waals surface area contributed by atoms with Crippen LogP contribution < -0.4 is 16.0 Å². The van der Waals surface area contributed by atoms with Crippen LogP contribution in [0.5, 0.6) is 0 Å². The predicted molar refractivity (Wildman–Crippen MR) is 166 cm³/mol. The third-order valence-corrected chi connectivity index (χ3v) is 9.47. The van der Waals surface area contributed by atoms with Gasteiger partial charge in [-0.15, -0.1) is 0 Å². The molecule has 0 spiro atoms. The maximum Gasteiger partial charge on any atom is 0.223 e. The van der Waals surface area contributed by atoms with Gasteiger partial charge in [-0.1, -0.05) is 41.9 Å². The van der Waals surface area contributed by atoms with Gasteiger partial charge in [0.05, 0.1) is 16.9 Å². The van der Waals surface area contributed by atoms with Crippen molar-refractivity contribution in [1.29, 1.82) is 0 Å². The molecule has 2 aromatic carbocycles. The Balaban J connectivity index is 0.999. The second-order valence-corrected chi connectivity index (χ2v) is 12.4. The summed E-state index contributed by atoms with van der Waals surface area (Å²) in [5, 5.41) is 10.8. The third kappa shape index (κ3) is 7.10. The van der Waals surface area contributed by atoms with Gasteiger partial charge in [-0.25, -0.2) is 14.4 Å². The van der Waals surface area contributed by atoms with Gasteiger partial charge in [0.15, 0.2) is 0 Å². The number of anilines is 1. The van der Waals surface area contributed by atoms with Gasteiger partial charge in [0, 0.05) is 29.6 Å². The second-order valence-electron chi connectivity index (χ2n) is 12.0. The SMILES string of the molecule is O=C(NC1CCC(Nc2ncc(Cl)c(-c3cccc(-c4ccc(F)cc4)c3)n2)CC1)C1CCN(C2CCNCC2)CC1. The Kier molecular flexibility index (Phi) is 9.32. The molecule has 3 heterocycles. The molecule has 3 aromatic rings. The Labute approximate surface area is 252 Å². The maximum absolute atomic E-state index is 13.4. The smallest absolute Gasteiger partial charge is 0.223 e. The van der Waals surface area contributed by atoms with Crippen LogP contribution in [0.1, 0.15) is 51.4 Å². The molecule has 0 atom stereocenters. The number of rotatable bonds is 7. The molecule has 42 heavy (non-hydrogen) atoms. The summed E-state index contributed by atoms with van der Waals surface area (Å²) >= 11 is 6.52. The average molecular weight is 591 g/mol. The first-order valence-corrected chi connectivity index (χ1v) is 15.8. The minimum atomic E-state index is -0.260. The Hall–Kier alpha value is -3.07. The van der Waals surface area contributed by atoms with E-state index in [1.807, 2.05) is 24.3 Å². The average Bonchev–Trinajstić information content (AvgIpc) is 3.04. The summed E-state index contributed by atoms with van der Waals surface area (Å²) in [7, 11) is 0. The number of hydrogen-bond donors (Lipinski definition) is 3. The van der Waals surface area contributed by atoms with Gasteiger partial charge in [0.25, 0.3) is 0 Å². The highest BCUT2D eigenvalue weighted by atomic mass is 35.5. The van der Waals surface area contributed by atoms with Gasteiger partial charge >= 0.3 is 0 Å². The zero-order valence-corrected chi connectivity index (χ0v) is 24.8. The summed E-state index contributed by atoms with van der Waals surface area (Å²) in [4.78, 5) is 24.9. The summed E-state index contributed by atoms with van der Waals surface area (Å²) < 4.78 is 13.4. The standard InChI is InChI=1S/C33H40ClFN6O/c34-30-21-37-33(40-31(30)25-3-1-2-24(20-25)22-4-6-26(35)7-5-22)39-28-10-8-27(9-11-28)38-32(42)23-14-18-41(19-15-23)29-12-16-36-17-13-29/h1-7,20-21,23,27-29,36H,8-19H2,(H,38,42)(H,37,39,40). The maximum atomic E-state index is 13.4. The molecule has 0 unspecified atom stereocenters. The fourth-order valence-electron chi connectivity index (χ4n) is 6.71. The number of amides is 1. The van der Waals surface area contributed by atoms with E-state index in [-0.39, 0.29) is 29.7 Å². The molecular weight excluding hydrogens is 551 g/mol. The molecule has 6 rings (SSSR count). The molecule has 1 aliphatic carbocycles. The van der Waals surface area contributed by atoms with Gasteiger partial charge in [-0.05, 0) is 107 Å². The lowest BCUT2D eigenvalue weighted by Gasteiger charge is -2.39. The number of benzene rings is 2. The van der Waals surface area contributed by atoms with Crippen molar-refractivity contribution in [3.63, 3.8) is 0 Å². The van der Waals surface area contributed by atoms with Crippen molar-refractivity contribution < 1.29 is 9.18 Å². The number of likely N-dealkylation sites (tertiary alicyclic amines) is 1. The lowest BCUT2D eigenvalue weighted by molar-refractivity contribution is -0.127. The number of carbonyl (C=O) groups excluding carboxylic acids is 1. The summed E-state index contributed by atoms with van der Waals surface area (Å²) in [6.07, 6.45) is 9.79. The molecule has 2 saturated heterocycles. The number of hydrogen-bond acceptors (Lipinski definition) is 6. The van der Waals surface area contributed by atoms with E-state index < -0.39 is 0 Å². The fourth-order valence-corrected chi connectivity index (χ4v) is 6.91.